The van der Waals surface area contributed by atoms with Crippen molar-refractivity contribution in [1.82, 2.24) is 5.32 Å². The van der Waals surface area contributed by atoms with Crippen LogP contribution in [0.5, 0.6) is 0 Å². The lowest BCUT2D eigenvalue weighted by atomic mass is 9.90. The van der Waals surface area contributed by atoms with Gasteiger partial charge in [0.2, 0.25) is 0 Å². The Morgan fingerprint density at radius 1 is 1.41 bits per heavy atom. The molecule has 0 aromatic carbocycles. The maximum absolute atomic E-state index is 5.69. The Labute approximate surface area is 105 Å². The highest BCUT2D eigenvalue weighted by Crippen LogP contribution is 2.24. The van der Waals surface area contributed by atoms with E-state index in [2.05, 4.69) is 32.2 Å². The van der Waals surface area contributed by atoms with E-state index >= 15 is 0 Å². The van der Waals surface area contributed by atoms with Crippen LogP contribution in [0, 0.1) is 12.8 Å². The van der Waals surface area contributed by atoms with Gasteiger partial charge in [-0.3, -0.25) is 0 Å². The van der Waals surface area contributed by atoms with Gasteiger partial charge in [0.15, 0.2) is 0 Å². The van der Waals surface area contributed by atoms with Crippen LogP contribution in [0.2, 0.25) is 0 Å². The Morgan fingerprint density at radius 3 is 2.65 bits per heavy atom. The third kappa shape index (κ3) is 4.52. The molecule has 0 amide bonds. The minimum atomic E-state index is 0.0384. The predicted octanol–water partition coefficient (Wildman–Crippen LogP) is 2.44. The van der Waals surface area contributed by atoms with E-state index < -0.39 is 0 Å². The number of hydrogen-bond acceptors (Lipinski definition) is 3. The molecule has 17 heavy (non-hydrogen) atoms. The van der Waals surface area contributed by atoms with Gasteiger partial charge in [0, 0.05) is 12.0 Å². The molecule has 0 radical (unpaired) electrons. The topological polar surface area (TPSA) is 51.2 Å². The van der Waals surface area contributed by atoms with Crippen LogP contribution >= 0.6 is 0 Å². The van der Waals surface area contributed by atoms with Crippen molar-refractivity contribution in [3.63, 3.8) is 0 Å². The second-order valence-electron chi connectivity index (χ2n) is 5.61. The Hall–Kier alpha value is -0.800. The smallest absolute Gasteiger partial charge is 0.111 e. The predicted molar refractivity (Wildman–Crippen MR) is 72.2 cm³/mol. The van der Waals surface area contributed by atoms with Gasteiger partial charge in [-0.05, 0) is 44.5 Å². The number of hydrogen-bond donors (Lipinski definition) is 2. The van der Waals surface area contributed by atoms with Crippen LogP contribution in [0.15, 0.2) is 16.5 Å². The van der Waals surface area contributed by atoms with Crippen molar-refractivity contribution in [2.24, 2.45) is 11.7 Å². The van der Waals surface area contributed by atoms with Crippen LogP contribution in [0.25, 0.3) is 0 Å². The zero-order valence-electron chi connectivity index (χ0n) is 11.5. The van der Waals surface area contributed by atoms with Crippen LogP contribution in [-0.4, -0.2) is 19.6 Å². The molecule has 3 heteroatoms. The zero-order valence-corrected chi connectivity index (χ0v) is 11.5. The summed E-state index contributed by atoms with van der Waals surface area (Å²) >= 11 is 0. The Balaban J connectivity index is 2.39. The van der Waals surface area contributed by atoms with Crippen molar-refractivity contribution in [1.29, 1.82) is 0 Å². The normalized spacial score (nSPS) is 13.9. The summed E-state index contributed by atoms with van der Waals surface area (Å²) in [4.78, 5) is 0. The van der Waals surface area contributed by atoms with Crippen LogP contribution in [0.4, 0.5) is 0 Å². The highest BCUT2D eigenvalue weighted by molar-refractivity contribution is 5.15. The molecular formula is C14H26N2O. The number of rotatable bonds is 7. The Morgan fingerprint density at radius 2 is 2.12 bits per heavy atom. The maximum atomic E-state index is 5.69. The van der Waals surface area contributed by atoms with Gasteiger partial charge in [0.25, 0.3) is 0 Å². The van der Waals surface area contributed by atoms with E-state index in [1.165, 1.54) is 0 Å². The van der Waals surface area contributed by atoms with Crippen molar-refractivity contribution in [2.75, 3.05) is 19.6 Å². The van der Waals surface area contributed by atoms with E-state index in [-0.39, 0.29) is 5.41 Å². The quantitative estimate of drug-likeness (QED) is 0.767. The summed E-state index contributed by atoms with van der Waals surface area (Å²) in [5, 5.41) is 3.50. The standard InChI is InChI=1S/C14H26N2O/c1-11(7-8-15)9-16-10-14(3,4)13-6-5-12(2)17-13/h5-6,11,16H,7-10,15H2,1-4H3. The summed E-state index contributed by atoms with van der Waals surface area (Å²) in [6, 6.07) is 4.09. The lowest BCUT2D eigenvalue weighted by Gasteiger charge is -2.23. The third-order valence-corrected chi connectivity index (χ3v) is 3.13. The monoisotopic (exact) mass is 238 g/mol. The van der Waals surface area contributed by atoms with Gasteiger partial charge in [-0.2, -0.15) is 0 Å². The van der Waals surface area contributed by atoms with Crippen molar-refractivity contribution < 1.29 is 4.42 Å². The summed E-state index contributed by atoms with van der Waals surface area (Å²) in [5.74, 6) is 2.66. The van der Waals surface area contributed by atoms with Gasteiger partial charge in [-0.25, -0.2) is 0 Å². The van der Waals surface area contributed by atoms with Crippen molar-refractivity contribution in [2.45, 2.75) is 39.5 Å². The van der Waals surface area contributed by atoms with Gasteiger partial charge >= 0.3 is 0 Å². The molecule has 3 N–H and O–H groups in total. The van der Waals surface area contributed by atoms with Gasteiger partial charge in [0.05, 0.1) is 0 Å². The molecule has 0 aliphatic rings. The van der Waals surface area contributed by atoms with E-state index in [9.17, 15) is 0 Å². The van der Waals surface area contributed by atoms with Crippen molar-refractivity contribution in [3.8, 4) is 0 Å². The molecule has 1 aromatic heterocycles. The first kappa shape index (κ1) is 14.3. The molecule has 0 aliphatic carbocycles. The number of aryl methyl sites for hydroxylation is 1. The van der Waals surface area contributed by atoms with E-state index in [1.54, 1.807) is 0 Å². The zero-order chi connectivity index (χ0) is 12.9. The fourth-order valence-electron chi connectivity index (χ4n) is 1.90. The molecule has 3 nitrogen and oxygen atoms in total. The molecule has 0 bridgehead atoms. The lowest BCUT2D eigenvalue weighted by Crippen LogP contribution is -2.35. The molecule has 1 rings (SSSR count). The van der Waals surface area contributed by atoms with Crippen LogP contribution in [0.1, 0.15) is 38.7 Å². The molecule has 0 aliphatic heterocycles. The molecule has 0 spiro atoms. The van der Waals surface area contributed by atoms with Gasteiger partial charge in [-0.15, -0.1) is 0 Å². The summed E-state index contributed by atoms with van der Waals surface area (Å²) in [6.07, 6.45) is 1.08. The largest absolute Gasteiger partial charge is 0.466 e. The van der Waals surface area contributed by atoms with Crippen LogP contribution in [0.3, 0.4) is 0 Å². The number of nitrogens with two attached hydrogens (primary N) is 1. The molecule has 1 aromatic rings. The van der Waals surface area contributed by atoms with Crippen LogP contribution in [-0.2, 0) is 5.41 Å². The second-order valence-corrected chi connectivity index (χ2v) is 5.61. The van der Waals surface area contributed by atoms with Crippen LogP contribution < -0.4 is 11.1 Å². The van der Waals surface area contributed by atoms with Crippen molar-refractivity contribution >= 4 is 0 Å². The van der Waals surface area contributed by atoms with Crippen molar-refractivity contribution in [3.05, 3.63) is 23.7 Å². The second kappa shape index (κ2) is 6.22. The molecule has 1 atom stereocenters. The first-order chi connectivity index (χ1) is 7.95. The highest BCUT2D eigenvalue weighted by Gasteiger charge is 2.23. The molecule has 98 valence electrons. The lowest BCUT2D eigenvalue weighted by molar-refractivity contribution is 0.347. The number of nitrogens with one attached hydrogen (secondary N) is 1. The van der Waals surface area contributed by atoms with Gasteiger partial charge in [-0.1, -0.05) is 20.8 Å². The fraction of sp³-hybridized carbons (Fsp3) is 0.714. The fourth-order valence-corrected chi connectivity index (χ4v) is 1.90. The maximum Gasteiger partial charge on any atom is 0.111 e. The first-order valence-electron chi connectivity index (χ1n) is 6.43. The minimum Gasteiger partial charge on any atom is -0.466 e. The summed E-state index contributed by atoms with van der Waals surface area (Å²) < 4.78 is 5.69. The van der Waals surface area contributed by atoms with E-state index in [0.717, 1.165) is 37.6 Å². The molecular weight excluding hydrogens is 212 g/mol. The van der Waals surface area contributed by atoms with Gasteiger partial charge in [0.1, 0.15) is 11.5 Å². The van der Waals surface area contributed by atoms with E-state index in [1.807, 2.05) is 13.0 Å². The Kier molecular flexibility index (Phi) is 5.22. The minimum absolute atomic E-state index is 0.0384. The third-order valence-electron chi connectivity index (χ3n) is 3.13. The van der Waals surface area contributed by atoms with Gasteiger partial charge < -0.3 is 15.5 Å². The molecule has 0 saturated carbocycles. The number of furan rings is 1. The first-order valence-corrected chi connectivity index (χ1v) is 6.43. The molecule has 0 saturated heterocycles. The summed E-state index contributed by atoms with van der Waals surface area (Å²) in [6.45, 7) is 11.3. The van der Waals surface area contributed by atoms with E-state index in [4.69, 9.17) is 10.2 Å². The summed E-state index contributed by atoms with van der Waals surface area (Å²) in [5.41, 5.74) is 5.58. The van der Waals surface area contributed by atoms with E-state index in [0.29, 0.717) is 5.92 Å². The molecule has 0 fully saturated rings. The highest BCUT2D eigenvalue weighted by atomic mass is 16.3. The average Bonchev–Trinajstić information content (AvgIpc) is 2.65. The molecule has 1 heterocycles. The average molecular weight is 238 g/mol. The summed E-state index contributed by atoms with van der Waals surface area (Å²) in [7, 11) is 0. The SMILES string of the molecule is Cc1ccc(C(C)(C)CNCC(C)CCN)o1. The molecule has 1 unspecified atom stereocenters. The Bertz CT molecular complexity index is 331.